The largest absolute Gasteiger partial charge is 0.412 e. The molecule has 0 aliphatic rings. The van der Waals surface area contributed by atoms with Gasteiger partial charge >= 0.3 is 0 Å². The van der Waals surface area contributed by atoms with Crippen molar-refractivity contribution < 1.29 is 10.2 Å². The molecular weight excluding hydrogens is 156 g/mol. The Morgan fingerprint density at radius 1 is 0.833 bits per heavy atom. The highest BCUT2D eigenvalue weighted by Gasteiger charge is 1.91. The Morgan fingerprint density at radius 2 is 1.17 bits per heavy atom. The molecule has 0 aromatic carbocycles. The Balaban J connectivity index is 0. The minimum Gasteiger partial charge on any atom is -0.412 e. The first kappa shape index (κ1) is 14.4. The van der Waals surface area contributed by atoms with E-state index in [9.17, 15) is 0 Å². The monoisotopic (exact) mass is 178 g/mol. The van der Waals surface area contributed by atoms with Crippen molar-refractivity contribution >= 4 is 0 Å². The average Bonchev–Trinajstić information content (AvgIpc) is 1.85. The lowest BCUT2D eigenvalue weighted by Crippen LogP contribution is -2.22. The first-order valence-corrected chi connectivity index (χ1v) is 4.00. The molecule has 0 aliphatic carbocycles. The molecule has 2 N–H and O–H groups in total. The van der Waals surface area contributed by atoms with Crippen molar-refractivity contribution in [2.24, 2.45) is 0 Å². The Bertz CT molecular complexity index is 77.1. The van der Waals surface area contributed by atoms with Gasteiger partial charge in [-0.1, -0.05) is 0 Å². The van der Waals surface area contributed by atoms with Crippen LogP contribution in [0.3, 0.4) is 0 Å². The van der Waals surface area contributed by atoms with Gasteiger partial charge in [0.25, 0.3) is 0 Å². The molecule has 12 heavy (non-hydrogen) atoms. The van der Waals surface area contributed by atoms with Gasteiger partial charge in [0.15, 0.2) is 0 Å². The summed E-state index contributed by atoms with van der Waals surface area (Å²) in [5.74, 6) is 0. The Morgan fingerprint density at radius 3 is 1.42 bits per heavy atom. The van der Waals surface area contributed by atoms with Gasteiger partial charge in [-0.2, -0.15) is 0 Å². The Kier molecular flexibility index (Phi) is 10.7. The highest BCUT2D eigenvalue weighted by molar-refractivity contribution is 4.42. The van der Waals surface area contributed by atoms with E-state index in [-0.39, 0.29) is 5.48 Å². The number of rotatable bonds is 6. The number of nitrogens with zero attached hydrogens (tertiary/aromatic N) is 2. The second-order valence-corrected chi connectivity index (χ2v) is 3.22. The average molecular weight is 178 g/mol. The molecule has 0 bridgehead atoms. The third-order valence-electron chi connectivity index (χ3n) is 1.37. The molecule has 0 rings (SSSR count). The van der Waals surface area contributed by atoms with Crippen molar-refractivity contribution in [1.82, 2.24) is 9.80 Å². The van der Waals surface area contributed by atoms with Crippen LogP contribution in [-0.2, 0) is 4.74 Å². The molecule has 76 valence electrons. The number of likely N-dealkylation sites (N-methyl/N-ethyl adjacent to an activating group) is 2. The second kappa shape index (κ2) is 8.93. The molecule has 0 heterocycles. The van der Waals surface area contributed by atoms with E-state index in [2.05, 4.69) is 38.0 Å². The van der Waals surface area contributed by atoms with Gasteiger partial charge in [-0.25, -0.2) is 0 Å². The molecule has 0 unspecified atom stereocenters. The van der Waals surface area contributed by atoms with Crippen molar-refractivity contribution in [3.05, 3.63) is 0 Å². The third kappa shape index (κ3) is 12.5. The van der Waals surface area contributed by atoms with Crippen LogP contribution in [0.2, 0.25) is 0 Å². The normalized spacial score (nSPS) is 10.5. The molecule has 0 spiro atoms. The van der Waals surface area contributed by atoms with Gasteiger partial charge < -0.3 is 20.0 Å². The number of hydrogen-bond donors (Lipinski definition) is 0. The molecule has 0 radical (unpaired) electrons. The van der Waals surface area contributed by atoms with Gasteiger partial charge in [-0.15, -0.1) is 0 Å². The molecule has 0 fully saturated rings. The lowest BCUT2D eigenvalue weighted by Gasteiger charge is -2.12. The summed E-state index contributed by atoms with van der Waals surface area (Å²) in [5, 5.41) is 0. The van der Waals surface area contributed by atoms with Crippen LogP contribution in [0, 0.1) is 0 Å². The van der Waals surface area contributed by atoms with E-state index < -0.39 is 0 Å². The van der Waals surface area contributed by atoms with E-state index in [0.717, 1.165) is 26.3 Å². The van der Waals surface area contributed by atoms with Crippen LogP contribution in [-0.4, -0.2) is 69.8 Å². The zero-order valence-corrected chi connectivity index (χ0v) is 8.63. The highest BCUT2D eigenvalue weighted by Crippen LogP contribution is 1.80. The van der Waals surface area contributed by atoms with Crippen molar-refractivity contribution in [2.75, 3.05) is 54.5 Å². The van der Waals surface area contributed by atoms with Gasteiger partial charge in [-0.3, -0.25) is 0 Å². The molecular formula is C8H22N2O2. The summed E-state index contributed by atoms with van der Waals surface area (Å²) in [4.78, 5) is 4.24. The Labute approximate surface area is 75.4 Å². The van der Waals surface area contributed by atoms with Crippen molar-refractivity contribution in [2.45, 2.75) is 0 Å². The highest BCUT2D eigenvalue weighted by atomic mass is 16.5. The van der Waals surface area contributed by atoms with Crippen LogP contribution >= 0.6 is 0 Å². The lowest BCUT2D eigenvalue weighted by molar-refractivity contribution is 0.104. The van der Waals surface area contributed by atoms with E-state index in [1.165, 1.54) is 0 Å². The van der Waals surface area contributed by atoms with Crippen LogP contribution in [0.5, 0.6) is 0 Å². The summed E-state index contributed by atoms with van der Waals surface area (Å²) in [7, 11) is 8.20. The topological polar surface area (TPSA) is 47.2 Å². The quantitative estimate of drug-likeness (QED) is 0.505. The molecule has 0 aliphatic heterocycles. The smallest absolute Gasteiger partial charge is 0.0593 e. The predicted molar refractivity (Wildman–Crippen MR) is 51.5 cm³/mol. The van der Waals surface area contributed by atoms with Crippen LogP contribution in [0.4, 0.5) is 0 Å². The van der Waals surface area contributed by atoms with Crippen LogP contribution in [0.25, 0.3) is 0 Å². The van der Waals surface area contributed by atoms with Crippen LogP contribution in [0.15, 0.2) is 0 Å². The van der Waals surface area contributed by atoms with Crippen LogP contribution < -0.4 is 0 Å². The molecule has 0 saturated heterocycles. The summed E-state index contributed by atoms with van der Waals surface area (Å²) < 4.78 is 5.37. The molecule has 4 nitrogen and oxygen atoms in total. The zero-order valence-electron chi connectivity index (χ0n) is 8.63. The SMILES string of the molecule is CN(C)CCOCCN(C)C.O. The zero-order chi connectivity index (χ0) is 8.69. The second-order valence-electron chi connectivity index (χ2n) is 3.22. The van der Waals surface area contributed by atoms with Gasteiger partial charge in [0.05, 0.1) is 13.2 Å². The number of ether oxygens (including phenoxy) is 1. The van der Waals surface area contributed by atoms with E-state index in [1.807, 2.05) is 0 Å². The van der Waals surface area contributed by atoms with E-state index in [4.69, 9.17) is 4.74 Å². The molecule has 4 heteroatoms. The molecule has 0 aromatic rings. The summed E-state index contributed by atoms with van der Waals surface area (Å²) in [6.45, 7) is 3.68. The molecule has 0 atom stereocenters. The van der Waals surface area contributed by atoms with Gasteiger partial charge in [0.2, 0.25) is 0 Å². The van der Waals surface area contributed by atoms with E-state index in [1.54, 1.807) is 0 Å². The van der Waals surface area contributed by atoms with Crippen molar-refractivity contribution in [1.29, 1.82) is 0 Å². The first-order chi connectivity index (χ1) is 5.13. The summed E-state index contributed by atoms with van der Waals surface area (Å²) >= 11 is 0. The fraction of sp³-hybridized carbons (Fsp3) is 1.00. The van der Waals surface area contributed by atoms with Gasteiger partial charge in [0.1, 0.15) is 0 Å². The maximum atomic E-state index is 5.37. The standard InChI is InChI=1S/C8H20N2O.H2O/c1-9(2)5-7-11-8-6-10(3)4;/h5-8H2,1-4H3;1H2. The third-order valence-corrected chi connectivity index (χ3v) is 1.37. The van der Waals surface area contributed by atoms with Crippen LogP contribution in [0.1, 0.15) is 0 Å². The Hall–Kier alpha value is -0.160. The fourth-order valence-electron chi connectivity index (χ4n) is 0.596. The molecule has 0 amide bonds. The van der Waals surface area contributed by atoms with Gasteiger partial charge in [-0.05, 0) is 28.2 Å². The maximum absolute atomic E-state index is 5.37. The van der Waals surface area contributed by atoms with Crippen molar-refractivity contribution in [3.63, 3.8) is 0 Å². The van der Waals surface area contributed by atoms with E-state index in [0.29, 0.717) is 0 Å². The molecule has 0 aromatic heterocycles. The lowest BCUT2D eigenvalue weighted by atomic mass is 10.6. The summed E-state index contributed by atoms with van der Waals surface area (Å²) in [6.07, 6.45) is 0. The fourth-order valence-corrected chi connectivity index (χ4v) is 0.596. The van der Waals surface area contributed by atoms with Crippen molar-refractivity contribution in [3.8, 4) is 0 Å². The minimum atomic E-state index is 0. The first-order valence-electron chi connectivity index (χ1n) is 4.00. The summed E-state index contributed by atoms with van der Waals surface area (Å²) in [5.41, 5.74) is 0. The summed E-state index contributed by atoms with van der Waals surface area (Å²) in [6, 6.07) is 0. The molecule has 0 saturated carbocycles. The number of hydrogen-bond acceptors (Lipinski definition) is 3. The predicted octanol–water partition coefficient (Wildman–Crippen LogP) is -0.698. The minimum absolute atomic E-state index is 0. The maximum Gasteiger partial charge on any atom is 0.0593 e. The van der Waals surface area contributed by atoms with E-state index >= 15 is 0 Å². The van der Waals surface area contributed by atoms with Gasteiger partial charge in [0, 0.05) is 13.1 Å².